The maximum absolute atomic E-state index is 13.1. The van der Waals surface area contributed by atoms with Gasteiger partial charge in [0.1, 0.15) is 6.61 Å². The molecule has 0 aliphatic carbocycles. The van der Waals surface area contributed by atoms with Crippen molar-refractivity contribution in [3.05, 3.63) is 61.2 Å². The number of carbonyl (C=O) groups excluding carboxylic acids is 3. The van der Waals surface area contributed by atoms with Crippen molar-refractivity contribution in [3.63, 3.8) is 0 Å². The number of ether oxygens (including phenoxy) is 2. The van der Waals surface area contributed by atoms with E-state index < -0.39 is 17.4 Å². The summed E-state index contributed by atoms with van der Waals surface area (Å²) >= 11 is 0. The number of allylic oxidation sites excluding steroid dienone is 2. The molecule has 3 unspecified atom stereocenters. The van der Waals surface area contributed by atoms with Crippen LogP contribution < -0.4 is 10.6 Å². The number of carbonyl (C=O) groups is 3. The molecule has 0 fully saturated rings. The summed E-state index contributed by atoms with van der Waals surface area (Å²) in [7, 11) is 0. The van der Waals surface area contributed by atoms with Gasteiger partial charge in [0.05, 0.1) is 37.7 Å². The number of aliphatic hydroxyl groups is 1. The van der Waals surface area contributed by atoms with E-state index in [-0.39, 0.29) is 63.1 Å². The highest BCUT2D eigenvalue weighted by Gasteiger charge is 2.31. The van der Waals surface area contributed by atoms with E-state index in [1.54, 1.807) is 12.2 Å². The fourth-order valence-electron chi connectivity index (χ4n) is 3.65. The van der Waals surface area contributed by atoms with Crippen LogP contribution in [0.15, 0.2) is 55.6 Å². The summed E-state index contributed by atoms with van der Waals surface area (Å²) in [5.41, 5.74) is 0.645. The second-order valence-electron chi connectivity index (χ2n) is 10.1. The Morgan fingerprint density at radius 1 is 1.03 bits per heavy atom. The molecule has 1 aromatic carbocycles. The third-order valence-corrected chi connectivity index (χ3v) is 5.92. The molecule has 2 amide bonds. The number of hydrogen-bond donors (Lipinski definition) is 3. The minimum absolute atomic E-state index is 0.00696. The zero-order valence-corrected chi connectivity index (χ0v) is 22.5. The van der Waals surface area contributed by atoms with Crippen molar-refractivity contribution in [1.29, 1.82) is 0 Å². The fourth-order valence-corrected chi connectivity index (χ4v) is 3.65. The standard InChI is InChI=1S/C29H44N2O6/c1-6-11-23(20-26(33)30-15-17-36-18-16-32)27(34)31-25(29(3,4)5)21-37-28(35)24(12-7-2)19-22-13-9-8-10-14-22/h6-10,13-14,23-25,32H,1-2,11-12,15-21H2,3-5H3,(H,30,33)(H,31,34). The normalized spacial score (nSPS) is 13.6. The van der Waals surface area contributed by atoms with Crippen molar-refractivity contribution in [2.45, 2.75) is 52.5 Å². The molecule has 0 aliphatic rings. The van der Waals surface area contributed by atoms with E-state index >= 15 is 0 Å². The van der Waals surface area contributed by atoms with Gasteiger partial charge in [0.25, 0.3) is 0 Å². The van der Waals surface area contributed by atoms with E-state index in [1.807, 2.05) is 51.1 Å². The fraction of sp³-hybridized carbons (Fsp3) is 0.552. The second kappa shape index (κ2) is 17.5. The minimum atomic E-state index is -0.608. The van der Waals surface area contributed by atoms with Crippen molar-refractivity contribution in [2.24, 2.45) is 17.3 Å². The first-order valence-corrected chi connectivity index (χ1v) is 12.8. The molecule has 3 N–H and O–H groups in total. The molecular formula is C29H44N2O6. The Kier molecular flexibility index (Phi) is 15.1. The highest BCUT2D eigenvalue weighted by Crippen LogP contribution is 2.22. The molecular weight excluding hydrogens is 472 g/mol. The van der Waals surface area contributed by atoms with Gasteiger partial charge in [0.15, 0.2) is 0 Å². The van der Waals surface area contributed by atoms with Gasteiger partial charge >= 0.3 is 5.97 Å². The van der Waals surface area contributed by atoms with Gasteiger partial charge in [-0.1, -0.05) is 63.3 Å². The summed E-state index contributed by atoms with van der Waals surface area (Å²) in [5.74, 6) is -1.88. The van der Waals surface area contributed by atoms with Gasteiger partial charge in [-0.15, -0.1) is 13.2 Å². The molecule has 8 nitrogen and oxygen atoms in total. The Morgan fingerprint density at radius 2 is 1.68 bits per heavy atom. The van der Waals surface area contributed by atoms with Crippen molar-refractivity contribution in [3.8, 4) is 0 Å². The van der Waals surface area contributed by atoms with Gasteiger partial charge in [-0.25, -0.2) is 0 Å². The lowest BCUT2D eigenvalue weighted by Gasteiger charge is -2.32. The summed E-state index contributed by atoms with van der Waals surface area (Å²) in [6.45, 7) is 14.1. The Balaban J connectivity index is 2.75. The van der Waals surface area contributed by atoms with Gasteiger partial charge in [-0.2, -0.15) is 0 Å². The van der Waals surface area contributed by atoms with Gasteiger partial charge in [-0.3, -0.25) is 14.4 Å². The van der Waals surface area contributed by atoms with Crippen molar-refractivity contribution in [2.75, 3.05) is 33.0 Å². The minimum Gasteiger partial charge on any atom is -0.463 e. The average Bonchev–Trinajstić information content (AvgIpc) is 2.85. The molecule has 0 radical (unpaired) electrons. The number of hydrogen-bond acceptors (Lipinski definition) is 6. The first-order valence-electron chi connectivity index (χ1n) is 12.8. The van der Waals surface area contributed by atoms with Crippen molar-refractivity contribution < 1.29 is 29.0 Å². The third kappa shape index (κ3) is 13.2. The molecule has 0 aromatic heterocycles. The zero-order valence-electron chi connectivity index (χ0n) is 22.5. The smallest absolute Gasteiger partial charge is 0.309 e. The number of amides is 2. The number of rotatable bonds is 18. The van der Waals surface area contributed by atoms with Crippen LogP contribution in [0.25, 0.3) is 0 Å². The van der Waals surface area contributed by atoms with Gasteiger partial charge in [0, 0.05) is 13.0 Å². The van der Waals surface area contributed by atoms with Gasteiger partial charge in [-0.05, 0) is 30.2 Å². The monoisotopic (exact) mass is 516 g/mol. The van der Waals surface area contributed by atoms with E-state index in [0.29, 0.717) is 19.3 Å². The lowest BCUT2D eigenvalue weighted by atomic mass is 9.86. The summed E-state index contributed by atoms with van der Waals surface area (Å²) in [6.07, 6.45) is 4.67. The van der Waals surface area contributed by atoms with Crippen LogP contribution in [0, 0.1) is 17.3 Å². The molecule has 0 saturated carbocycles. The summed E-state index contributed by atoms with van der Waals surface area (Å²) in [4.78, 5) is 38.4. The lowest BCUT2D eigenvalue weighted by molar-refractivity contribution is -0.150. The first kappa shape index (κ1) is 32.1. The summed E-state index contributed by atoms with van der Waals surface area (Å²) in [6, 6.07) is 9.29. The largest absolute Gasteiger partial charge is 0.463 e. The van der Waals surface area contributed by atoms with E-state index in [0.717, 1.165) is 5.56 Å². The molecule has 206 valence electrons. The van der Waals surface area contributed by atoms with E-state index in [1.165, 1.54) is 0 Å². The number of aliphatic hydroxyl groups excluding tert-OH is 1. The van der Waals surface area contributed by atoms with Crippen LogP contribution in [0.4, 0.5) is 0 Å². The highest BCUT2D eigenvalue weighted by molar-refractivity contribution is 5.86. The lowest BCUT2D eigenvalue weighted by Crippen LogP contribution is -2.49. The van der Waals surface area contributed by atoms with Crippen LogP contribution in [0.5, 0.6) is 0 Å². The van der Waals surface area contributed by atoms with E-state index in [9.17, 15) is 14.4 Å². The first-order chi connectivity index (χ1) is 17.6. The third-order valence-electron chi connectivity index (χ3n) is 5.92. The quantitative estimate of drug-likeness (QED) is 0.157. The molecule has 1 aromatic rings. The number of benzene rings is 1. The van der Waals surface area contributed by atoms with E-state index in [2.05, 4.69) is 23.8 Å². The second-order valence-corrected chi connectivity index (χ2v) is 10.1. The number of nitrogens with one attached hydrogen (secondary N) is 2. The van der Waals surface area contributed by atoms with E-state index in [4.69, 9.17) is 14.6 Å². The summed E-state index contributed by atoms with van der Waals surface area (Å²) in [5, 5.41) is 14.4. The number of esters is 1. The van der Waals surface area contributed by atoms with Gasteiger partial charge in [0.2, 0.25) is 11.8 Å². The van der Waals surface area contributed by atoms with Crippen LogP contribution in [-0.2, 0) is 30.3 Å². The zero-order chi connectivity index (χ0) is 27.7. The van der Waals surface area contributed by atoms with Crippen LogP contribution in [0.1, 0.15) is 45.6 Å². The predicted octanol–water partition coefficient (Wildman–Crippen LogP) is 3.20. The molecule has 0 aliphatic heterocycles. The Morgan fingerprint density at radius 3 is 2.27 bits per heavy atom. The maximum Gasteiger partial charge on any atom is 0.309 e. The highest BCUT2D eigenvalue weighted by atomic mass is 16.5. The molecule has 3 atom stereocenters. The van der Waals surface area contributed by atoms with Gasteiger partial charge < -0.3 is 25.2 Å². The molecule has 1 rings (SSSR count). The van der Waals surface area contributed by atoms with Crippen LogP contribution in [-0.4, -0.2) is 61.9 Å². The van der Waals surface area contributed by atoms with Crippen LogP contribution in [0.3, 0.4) is 0 Å². The molecule has 0 bridgehead atoms. The Hall–Kier alpha value is -2.97. The molecule has 37 heavy (non-hydrogen) atoms. The van der Waals surface area contributed by atoms with Crippen LogP contribution >= 0.6 is 0 Å². The SMILES string of the molecule is C=CCC(CC(=O)NCCOCCO)C(=O)NC(COC(=O)C(CC=C)Cc1ccccc1)C(C)(C)C. The Bertz CT molecular complexity index is 850. The Labute approximate surface area is 221 Å². The topological polar surface area (TPSA) is 114 Å². The van der Waals surface area contributed by atoms with Crippen molar-refractivity contribution in [1.82, 2.24) is 10.6 Å². The van der Waals surface area contributed by atoms with Crippen LogP contribution in [0.2, 0.25) is 0 Å². The van der Waals surface area contributed by atoms with Crippen molar-refractivity contribution >= 4 is 17.8 Å². The molecule has 0 heterocycles. The average molecular weight is 517 g/mol. The predicted molar refractivity (Wildman–Crippen MR) is 145 cm³/mol. The molecule has 0 spiro atoms. The maximum atomic E-state index is 13.1. The summed E-state index contributed by atoms with van der Waals surface area (Å²) < 4.78 is 10.8. The molecule has 0 saturated heterocycles. The molecule has 8 heteroatoms.